The summed E-state index contributed by atoms with van der Waals surface area (Å²) in [6.45, 7) is 0.712. The minimum Gasteiger partial charge on any atom is -0.478 e. The number of rotatable bonds is 6. The Labute approximate surface area is 124 Å². The van der Waals surface area contributed by atoms with Gasteiger partial charge in [0.2, 0.25) is 5.91 Å². The van der Waals surface area contributed by atoms with Gasteiger partial charge in [-0.2, -0.15) is 0 Å². The van der Waals surface area contributed by atoms with Crippen molar-refractivity contribution in [2.75, 3.05) is 6.54 Å². The molecule has 1 aliphatic rings. The zero-order valence-corrected chi connectivity index (χ0v) is 12.0. The first-order valence-electron chi connectivity index (χ1n) is 7.39. The van der Waals surface area contributed by atoms with Gasteiger partial charge in [0.25, 0.3) is 0 Å². The van der Waals surface area contributed by atoms with Crippen LogP contribution in [0, 0.1) is 5.92 Å². The second-order valence-electron chi connectivity index (χ2n) is 5.42. The highest BCUT2D eigenvalue weighted by molar-refractivity contribution is 5.89. The highest BCUT2D eigenvalue weighted by Gasteiger charge is 2.13. The number of benzene rings is 1. The number of amides is 1. The summed E-state index contributed by atoms with van der Waals surface area (Å²) in [5.41, 5.74) is 0.989. The summed E-state index contributed by atoms with van der Waals surface area (Å²) >= 11 is 0. The van der Waals surface area contributed by atoms with Crippen molar-refractivity contribution in [1.29, 1.82) is 0 Å². The van der Waals surface area contributed by atoms with E-state index in [4.69, 9.17) is 5.11 Å². The van der Waals surface area contributed by atoms with Crippen LogP contribution in [0.2, 0.25) is 0 Å². The van der Waals surface area contributed by atoms with Gasteiger partial charge in [0.05, 0.1) is 5.56 Å². The Morgan fingerprint density at radius 2 is 2.05 bits per heavy atom. The minimum absolute atomic E-state index is 0.00950. The Bertz CT molecular complexity index is 537. The monoisotopic (exact) mass is 287 g/mol. The SMILES string of the molecule is O=C(CCc1ccccc1C(=O)O)NCC1CC=CCC1. The van der Waals surface area contributed by atoms with Crippen molar-refractivity contribution in [3.05, 3.63) is 47.5 Å². The molecule has 112 valence electrons. The maximum Gasteiger partial charge on any atom is 0.335 e. The van der Waals surface area contributed by atoms with Gasteiger partial charge in [0.1, 0.15) is 0 Å². The van der Waals surface area contributed by atoms with Gasteiger partial charge >= 0.3 is 5.97 Å². The van der Waals surface area contributed by atoms with Crippen LogP contribution in [0.3, 0.4) is 0 Å². The molecule has 0 spiro atoms. The molecule has 1 amide bonds. The van der Waals surface area contributed by atoms with Crippen molar-refractivity contribution in [3.8, 4) is 0 Å². The number of carbonyl (C=O) groups excluding carboxylic acids is 1. The highest BCUT2D eigenvalue weighted by Crippen LogP contribution is 2.17. The number of aryl methyl sites for hydroxylation is 1. The average molecular weight is 287 g/mol. The average Bonchev–Trinajstić information content (AvgIpc) is 2.52. The van der Waals surface area contributed by atoms with Crippen LogP contribution in [-0.2, 0) is 11.2 Å². The molecule has 0 saturated heterocycles. The van der Waals surface area contributed by atoms with E-state index in [0.717, 1.165) is 19.3 Å². The van der Waals surface area contributed by atoms with Crippen LogP contribution in [0.25, 0.3) is 0 Å². The predicted molar refractivity (Wildman–Crippen MR) is 81.2 cm³/mol. The van der Waals surface area contributed by atoms with Gasteiger partial charge in [-0.05, 0) is 43.2 Å². The predicted octanol–water partition coefficient (Wildman–Crippen LogP) is 2.79. The molecule has 0 radical (unpaired) electrons. The van der Waals surface area contributed by atoms with Gasteiger partial charge in [-0.3, -0.25) is 4.79 Å². The van der Waals surface area contributed by atoms with Crippen molar-refractivity contribution in [2.45, 2.75) is 32.1 Å². The number of hydrogen-bond donors (Lipinski definition) is 2. The van der Waals surface area contributed by atoms with Gasteiger partial charge in [0.15, 0.2) is 0 Å². The molecule has 0 aromatic heterocycles. The summed E-state index contributed by atoms with van der Waals surface area (Å²) < 4.78 is 0. The molecule has 4 nitrogen and oxygen atoms in total. The Kier molecular flexibility index (Phi) is 5.55. The first-order chi connectivity index (χ1) is 10.2. The molecule has 2 rings (SSSR count). The van der Waals surface area contributed by atoms with E-state index in [1.807, 2.05) is 0 Å². The molecular weight excluding hydrogens is 266 g/mol. The Hall–Kier alpha value is -2.10. The third-order valence-corrected chi connectivity index (χ3v) is 3.83. The van der Waals surface area contributed by atoms with Crippen molar-refractivity contribution in [3.63, 3.8) is 0 Å². The molecule has 0 aliphatic heterocycles. The molecular formula is C17H21NO3. The first kappa shape index (κ1) is 15.3. The molecule has 0 fully saturated rings. The van der Waals surface area contributed by atoms with Crippen LogP contribution in [0.1, 0.15) is 41.6 Å². The van der Waals surface area contributed by atoms with Gasteiger partial charge in [-0.1, -0.05) is 30.4 Å². The maximum absolute atomic E-state index is 11.9. The molecule has 0 saturated carbocycles. The Morgan fingerprint density at radius 1 is 1.24 bits per heavy atom. The third-order valence-electron chi connectivity index (χ3n) is 3.83. The summed E-state index contributed by atoms with van der Waals surface area (Å²) in [5, 5.41) is 12.0. The Balaban J connectivity index is 1.78. The molecule has 1 aromatic rings. The van der Waals surface area contributed by atoms with E-state index in [1.165, 1.54) is 0 Å². The lowest BCUT2D eigenvalue weighted by atomic mass is 9.94. The number of carbonyl (C=O) groups is 2. The quantitative estimate of drug-likeness (QED) is 0.791. The van der Waals surface area contributed by atoms with Crippen LogP contribution >= 0.6 is 0 Å². The lowest BCUT2D eigenvalue weighted by Gasteiger charge is -2.18. The van der Waals surface area contributed by atoms with E-state index >= 15 is 0 Å². The van der Waals surface area contributed by atoms with Crippen LogP contribution in [0.4, 0.5) is 0 Å². The summed E-state index contributed by atoms with van der Waals surface area (Å²) in [6.07, 6.45) is 8.38. The van der Waals surface area contributed by atoms with Crippen LogP contribution in [-0.4, -0.2) is 23.5 Å². The third kappa shape index (κ3) is 4.74. The molecule has 0 heterocycles. The van der Waals surface area contributed by atoms with E-state index in [9.17, 15) is 9.59 Å². The zero-order chi connectivity index (χ0) is 15.1. The molecule has 4 heteroatoms. The lowest BCUT2D eigenvalue weighted by molar-refractivity contribution is -0.121. The molecule has 0 bridgehead atoms. The normalized spacial score (nSPS) is 17.4. The van der Waals surface area contributed by atoms with Crippen molar-refractivity contribution in [1.82, 2.24) is 5.32 Å². The fourth-order valence-electron chi connectivity index (χ4n) is 2.58. The van der Waals surface area contributed by atoms with E-state index in [-0.39, 0.29) is 11.5 Å². The lowest BCUT2D eigenvalue weighted by Crippen LogP contribution is -2.29. The standard InChI is InChI=1S/C17H21NO3/c19-16(18-12-13-6-2-1-3-7-13)11-10-14-8-4-5-9-15(14)17(20)21/h1-2,4-5,8-9,13H,3,6-7,10-12H2,(H,18,19)(H,20,21). The molecule has 1 atom stereocenters. The zero-order valence-electron chi connectivity index (χ0n) is 12.0. The largest absolute Gasteiger partial charge is 0.478 e. The van der Waals surface area contributed by atoms with Crippen LogP contribution in [0.5, 0.6) is 0 Å². The molecule has 21 heavy (non-hydrogen) atoms. The van der Waals surface area contributed by atoms with Gasteiger partial charge in [-0.25, -0.2) is 4.79 Å². The number of aromatic carboxylic acids is 1. The second kappa shape index (κ2) is 7.62. The highest BCUT2D eigenvalue weighted by atomic mass is 16.4. The number of carboxylic acid groups (broad SMARTS) is 1. The number of allylic oxidation sites excluding steroid dienone is 2. The number of carboxylic acids is 1. The van der Waals surface area contributed by atoms with E-state index < -0.39 is 5.97 Å². The van der Waals surface area contributed by atoms with Gasteiger partial charge in [0, 0.05) is 13.0 Å². The smallest absolute Gasteiger partial charge is 0.335 e. The molecule has 2 N–H and O–H groups in total. The van der Waals surface area contributed by atoms with Crippen LogP contribution < -0.4 is 5.32 Å². The molecule has 1 aliphatic carbocycles. The van der Waals surface area contributed by atoms with Crippen LogP contribution in [0.15, 0.2) is 36.4 Å². The molecule has 1 aromatic carbocycles. The fraction of sp³-hybridized carbons (Fsp3) is 0.412. The Morgan fingerprint density at radius 3 is 2.76 bits per heavy atom. The first-order valence-corrected chi connectivity index (χ1v) is 7.39. The topological polar surface area (TPSA) is 66.4 Å². The summed E-state index contributed by atoms with van der Waals surface area (Å²) in [4.78, 5) is 23.0. The van der Waals surface area contributed by atoms with Gasteiger partial charge in [-0.15, -0.1) is 0 Å². The van der Waals surface area contributed by atoms with E-state index in [0.29, 0.717) is 30.9 Å². The second-order valence-corrected chi connectivity index (χ2v) is 5.42. The van der Waals surface area contributed by atoms with E-state index in [1.54, 1.807) is 24.3 Å². The summed E-state index contributed by atoms with van der Waals surface area (Å²) in [5.74, 6) is -0.421. The fourth-order valence-corrected chi connectivity index (χ4v) is 2.58. The number of nitrogens with one attached hydrogen (secondary N) is 1. The van der Waals surface area contributed by atoms with E-state index in [2.05, 4.69) is 17.5 Å². The maximum atomic E-state index is 11.9. The summed E-state index contributed by atoms with van der Waals surface area (Å²) in [6, 6.07) is 6.84. The van der Waals surface area contributed by atoms with Crippen molar-refractivity contribution >= 4 is 11.9 Å². The summed E-state index contributed by atoms with van der Waals surface area (Å²) in [7, 11) is 0. The minimum atomic E-state index is -0.944. The van der Waals surface area contributed by atoms with Crippen molar-refractivity contribution < 1.29 is 14.7 Å². The molecule has 1 unspecified atom stereocenters. The van der Waals surface area contributed by atoms with Gasteiger partial charge < -0.3 is 10.4 Å². The van der Waals surface area contributed by atoms with Crippen molar-refractivity contribution in [2.24, 2.45) is 5.92 Å². The number of hydrogen-bond acceptors (Lipinski definition) is 2.